The minimum Gasteiger partial charge on any atom is -0.481 e. The van der Waals surface area contributed by atoms with Crippen LogP contribution in [0.15, 0.2) is 22.7 Å². The first-order valence-electron chi connectivity index (χ1n) is 6.38. The predicted octanol–water partition coefficient (Wildman–Crippen LogP) is 2.28. The lowest BCUT2D eigenvalue weighted by Crippen LogP contribution is -2.32. The molecule has 1 aromatic carbocycles. The van der Waals surface area contributed by atoms with Crippen LogP contribution in [0.25, 0.3) is 0 Å². The fraction of sp³-hybridized carbons (Fsp3) is 0.429. The van der Waals surface area contributed by atoms with Crippen molar-refractivity contribution in [3.8, 4) is 5.75 Å². The summed E-state index contributed by atoms with van der Waals surface area (Å²) in [5.74, 6) is -0.814. The molecule has 0 aliphatic carbocycles. The molecule has 0 bridgehead atoms. The van der Waals surface area contributed by atoms with E-state index in [2.05, 4.69) is 21.2 Å². The Labute approximate surface area is 130 Å². The van der Waals surface area contributed by atoms with Gasteiger partial charge in [-0.25, -0.2) is 9.18 Å². The molecule has 0 heterocycles. The van der Waals surface area contributed by atoms with Gasteiger partial charge in [0.15, 0.2) is 13.2 Å². The Bertz CT molecular complexity index is 508. The Hall–Kier alpha value is -1.63. The molecule has 0 aliphatic heterocycles. The van der Waals surface area contributed by atoms with E-state index in [1.165, 1.54) is 18.2 Å². The van der Waals surface area contributed by atoms with Crippen LogP contribution in [0, 0.1) is 11.7 Å². The highest BCUT2D eigenvalue weighted by atomic mass is 79.9. The maximum Gasteiger partial charge on any atom is 0.344 e. The zero-order valence-corrected chi connectivity index (χ0v) is 13.4. The van der Waals surface area contributed by atoms with E-state index in [4.69, 9.17) is 9.47 Å². The monoisotopic (exact) mass is 361 g/mol. The van der Waals surface area contributed by atoms with Gasteiger partial charge in [0.25, 0.3) is 5.91 Å². The van der Waals surface area contributed by atoms with Crippen LogP contribution in [0.1, 0.15) is 13.8 Å². The predicted molar refractivity (Wildman–Crippen MR) is 78.4 cm³/mol. The molecule has 0 radical (unpaired) electrons. The van der Waals surface area contributed by atoms with Gasteiger partial charge in [-0.3, -0.25) is 4.79 Å². The van der Waals surface area contributed by atoms with E-state index < -0.39 is 11.8 Å². The lowest BCUT2D eigenvalue weighted by Gasteiger charge is -2.09. The fourth-order valence-corrected chi connectivity index (χ4v) is 1.75. The van der Waals surface area contributed by atoms with Crippen molar-refractivity contribution in [2.75, 3.05) is 19.8 Å². The molecule has 7 heteroatoms. The van der Waals surface area contributed by atoms with E-state index in [9.17, 15) is 14.0 Å². The van der Waals surface area contributed by atoms with Crippen LogP contribution in [0.2, 0.25) is 0 Å². The summed E-state index contributed by atoms with van der Waals surface area (Å²) in [6.45, 7) is 3.73. The van der Waals surface area contributed by atoms with Crippen molar-refractivity contribution in [2.45, 2.75) is 13.8 Å². The van der Waals surface area contributed by atoms with Crippen LogP contribution in [0.4, 0.5) is 4.39 Å². The van der Waals surface area contributed by atoms with Gasteiger partial charge >= 0.3 is 5.97 Å². The number of rotatable bonds is 7. The molecule has 1 rings (SSSR count). The smallest absolute Gasteiger partial charge is 0.344 e. The molecule has 0 saturated carbocycles. The molecule has 1 amide bonds. The molecule has 0 aromatic heterocycles. The largest absolute Gasteiger partial charge is 0.481 e. The standard InChI is InChI=1S/C14H17BrFNO4/c1-9(2)6-17-13(18)7-21-14(19)8-20-12-4-3-10(16)5-11(12)15/h3-5,9H,6-8H2,1-2H3,(H,17,18). The van der Waals surface area contributed by atoms with Crippen LogP contribution in [-0.4, -0.2) is 31.6 Å². The maximum atomic E-state index is 12.9. The first-order valence-corrected chi connectivity index (χ1v) is 7.18. The molecule has 1 N–H and O–H groups in total. The van der Waals surface area contributed by atoms with E-state index in [-0.39, 0.29) is 19.1 Å². The molecule has 0 fully saturated rings. The minimum absolute atomic E-state index is 0.317. The molecule has 21 heavy (non-hydrogen) atoms. The number of benzene rings is 1. The number of halogens is 2. The molecule has 116 valence electrons. The topological polar surface area (TPSA) is 64.6 Å². The zero-order valence-electron chi connectivity index (χ0n) is 11.8. The van der Waals surface area contributed by atoms with Gasteiger partial charge in [0, 0.05) is 6.54 Å². The molecule has 1 aromatic rings. The van der Waals surface area contributed by atoms with Gasteiger partial charge in [0.05, 0.1) is 4.47 Å². The quantitative estimate of drug-likeness (QED) is 0.756. The lowest BCUT2D eigenvalue weighted by molar-refractivity contribution is -0.150. The Kier molecular flexibility index (Phi) is 7.14. The van der Waals surface area contributed by atoms with Gasteiger partial charge in [-0.15, -0.1) is 0 Å². The van der Waals surface area contributed by atoms with E-state index in [1.54, 1.807) is 0 Å². The number of carbonyl (C=O) groups is 2. The summed E-state index contributed by atoms with van der Waals surface area (Å²) in [5, 5.41) is 2.62. The van der Waals surface area contributed by atoms with Crippen molar-refractivity contribution in [1.82, 2.24) is 5.32 Å². The van der Waals surface area contributed by atoms with Crippen molar-refractivity contribution in [3.05, 3.63) is 28.5 Å². The Morgan fingerprint density at radius 3 is 2.67 bits per heavy atom. The molecule has 0 unspecified atom stereocenters. The van der Waals surface area contributed by atoms with Gasteiger partial charge < -0.3 is 14.8 Å². The van der Waals surface area contributed by atoms with Crippen molar-refractivity contribution in [2.24, 2.45) is 5.92 Å². The first-order chi connectivity index (χ1) is 9.88. The number of hydrogen-bond acceptors (Lipinski definition) is 4. The van der Waals surface area contributed by atoms with Crippen LogP contribution in [-0.2, 0) is 14.3 Å². The second kappa shape index (κ2) is 8.61. The third-order valence-electron chi connectivity index (χ3n) is 2.31. The van der Waals surface area contributed by atoms with Crippen molar-refractivity contribution in [3.63, 3.8) is 0 Å². The van der Waals surface area contributed by atoms with Gasteiger partial charge in [0.1, 0.15) is 11.6 Å². The van der Waals surface area contributed by atoms with E-state index in [0.717, 1.165) is 0 Å². The van der Waals surface area contributed by atoms with Crippen LogP contribution in [0.3, 0.4) is 0 Å². The van der Waals surface area contributed by atoms with Crippen LogP contribution in [0.5, 0.6) is 5.75 Å². The van der Waals surface area contributed by atoms with Gasteiger partial charge in [0.2, 0.25) is 0 Å². The van der Waals surface area contributed by atoms with E-state index >= 15 is 0 Å². The third kappa shape index (κ3) is 7.08. The van der Waals surface area contributed by atoms with Crippen molar-refractivity contribution < 1.29 is 23.5 Å². The SMILES string of the molecule is CC(C)CNC(=O)COC(=O)COc1ccc(F)cc1Br. The second-order valence-corrected chi connectivity index (χ2v) is 5.58. The maximum absolute atomic E-state index is 12.9. The lowest BCUT2D eigenvalue weighted by atomic mass is 10.2. The van der Waals surface area contributed by atoms with Gasteiger partial charge in [-0.05, 0) is 40.0 Å². The number of ether oxygens (including phenoxy) is 2. The number of hydrogen-bond donors (Lipinski definition) is 1. The minimum atomic E-state index is -0.675. The van der Waals surface area contributed by atoms with E-state index in [1.807, 2.05) is 13.8 Å². The summed E-state index contributed by atoms with van der Waals surface area (Å²) in [6, 6.07) is 3.83. The molecular weight excluding hydrogens is 345 g/mol. The highest BCUT2D eigenvalue weighted by molar-refractivity contribution is 9.10. The third-order valence-corrected chi connectivity index (χ3v) is 2.93. The Morgan fingerprint density at radius 1 is 1.33 bits per heavy atom. The molecule has 0 aliphatic rings. The van der Waals surface area contributed by atoms with Gasteiger partial charge in [-0.2, -0.15) is 0 Å². The van der Waals surface area contributed by atoms with Gasteiger partial charge in [-0.1, -0.05) is 13.8 Å². The van der Waals surface area contributed by atoms with Crippen LogP contribution >= 0.6 is 15.9 Å². The number of esters is 1. The molecule has 0 spiro atoms. The second-order valence-electron chi connectivity index (χ2n) is 4.72. The summed E-state index contributed by atoms with van der Waals surface area (Å²) in [6.07, 6.45) is 0. The Balaban J connectivity index is 2.29. The first kappa shape index (κ1) is 17.4. The van der Waals surface area contributed by atoms with Crippen molar-refractivity contribution >= 4 is 27.8 Å². The molecular formula is C14H17BrFNO4. The normalized spacial score (nSPS) is 10.3. The number of nitrogens with one attached hydrogen (secondary N) is 1. The van der Waals surface area contributed by atoms with E-state index in [0.29, 0.717) is 22.7 Å². The molecule has 0 saturated heterocycles. The molecule has 0 atom stereocenters. The highest BCUT2D eigenvalue weighted by Gasteiger charge is 2.10. The summed E-state index contributed by atoms with van der Waals surface area (Å²) in [5.41, 5.74) is 0. The Morgan fingerprint density at radius 2 is 2.05 bits per heavy atom. The summed E-state index contributed by atoms with van der Waals surface area (Å²) in [4.78, 5) is 22.8. The summed E-state index contributed by atoms with van der Waals surface area (Å²) in [7, 11) is 0. The summed E-state index contributed by atoms with van der Waals surface area (Å²) < 4.78 is 23.2. The average molecular weight is 362 g/mol. The highest BCUT2D eigenvalue weighted by Crippen LogP contribution is 2.25. The van der Waals surface area contributed by atoms with Crippen molar-refractivity contribution in [1.29, 1.82) is 0 Å². The summed E-state index contributed by atoms with van der Waals surface area (Å²) >= 11 is 3.11. The number of amides is 1. The zero-order chi connectivity index (χ0) is 15.8. The number of carbonyl (C=O) groups excluding carboxylic acids is 2. The average Bonchev–Trinajstić information content (AvgIpc) is 2.41. The van der Waals surface area contributed by atoms with Crippen LogP contribution < -0.4 is 10.1 Å². The fourth-order valence-electron chi connectivity index (χ4n) is 1.29. The molecule has 5 nitrogen and oxygen atoms in total.